The fourth-order valence-electron chi connectivity index (χ4n) is 6.67. The number of nitrogens with zero attached hydrogens (tertiary/aromatic N) is 1. The van der Waals surface area contributed by atoms with Gasteiger partial charge < -0.3 is 20.6 Å². The SMILES string of the molecule is CNC(=O)[C@H]1[C@H]2C(=O)N([C@@H](CO)C(C)C)C(C(=O)Nc3ccc4ccccc4c3)C23CC[C@]1(C)S3. The maximum Gasteiger partial charge on any atom is 0.248 e. The van der Waals surface area contributed by atoms with Crippen LogP contribution >= 0.6 is 11.8 Å². The van der Waals surface area contributed by atoms with Crippen LogP contribution in [0.2, 0.25) is 0 Å². The summed E-state index contributed by atoms with van der Waals surface area (Å²) in [4.78, 5) is 42.7. The van der Waals surface area contributed by atoms with Crippen LogP contribution in [0.3, 0.4) is 0 Å². The quantitative estimate of drug-likeness (QED) is 0.572. The predicted molar refractivity (Wildman–Crippen MR) is 138 cm³/mol. The Bertz CT molecular complexity index is 1200. The molecule has 2 aromatic carbocycles. The van der Waals surface area contributed by atoms with Crippen LogP contribution in [0.15, 0.2) is 42.5 Å². The molecule has 0 radical (unpaired) electrons. The zero-order valence-corrected chi connectivity index (χ0v) is 21.4. The van der Waals surface area contributed by atoms with Crippen LogP contribution < -0.4 is 10.6 Å². The van der Waals surface area contributed by atoms with Crippen LogP contribution in [0.1, 0.15) is 33.6 Å². The predicted octanol–water partition coefficient (Wildman–Crippen LogP) is 3.02. The molecule has 186 valence electrons. The number of hydrogen-bond donors (Lipinski definition) is 3. The standard InChI is InChI=1S/C27H33N3O4S/c1-15(2)19(14-31)30-22(24(33)29-18-10-9-16-7-5-6-8-17(16)13-18)27-12-11-26(3,35-27)20(23(32)28-4)21(27)25(30)34/h5-10,13,15,19-22,31H,11-12,14H2,1-4H3,(H,28,32)(H,29,33)/t19-,20+,21-,22?,26-,27?/m0/s1. The lowest BCUT2D eigenvalue weighted by Gasteiger charge is -2.38. The highest BCUT2D eigenvalue weighted by Crippen LogP contribution is 2.71. The molecular formula is C27H33N3O4S. The van der Waals surface area contributed by atoms with Gasteiger partial charge in [-0.25, -0.2) is 0 Å². The molecule has 6 atom stereocenters. The van der Waals surface area contributed by atoms with Crippen molar-refractivity contribution in [2.75, 3.05) is 19.0 Å². The Labute approximate surface area is 210 Å². The Morgan fingerprint density at radius 3 is 2.51 bits per heavy atom. The van der Waals surface area contributed by atoms with Gasteiger partial charge in [0, 0.05) is 17.5 Å². The van der Waals surface area contributed by atoms with E-state index in [9.17, 15) is 19.5 Å². The molecule has 3 saturated heterocycles. The number of thioether (sulfide) groups is 1. The number of aliphatic hydroxyl groups excluding tert-OH is 1. The van der Waals surface area contributed by atoms with Gasteiger partial charge in [-0.05, 0) is 48.6 Å². The van der Waals surface area contributed by atoms with Crippen LogP contribution in [-0.2, 0) is 14.4 Å². The minimum atomic E-state index is -0.771. The van der Waals surface area contributed by atoms with Crippen molar-refractivity contribution in [3.05, 3.63) is 42.5 Å². The summed E-state index contributed by atoms with van der Waals surface area (Å²) >= 11 is 1.63. The van der Waals surface area contributed by atoms with E-state index >= 15 is 0 Å². The van der Waals surface area contributed by atoms with Crippen molar-refractivity contribution < 1.29 is 19.5 Å². The number of likely N-dealkylation sites (tertiary alicyclic amines) is 1. The number of rotatable bonds is 6. The summed E-state index contributed by atoms with van der Waals surface area (Å²) in [7, 11) is 1.60. The van der Waals surface area contributed by atoms with Gasteiger partial charge in [-0.15, -0.1) is 11.8 Å². The summed E-state index contributed by atoms with van der Waals surface area (Å²) < 4.78 is -1.10. The molecule has 3 amide bonds. The average Bonchev–Trinajstić information content (AvgIpc) is 3.40. The molecule has 3 fully saturated rings. The highest BCUT2D eigenvalue weighted by Gasteiger charge is 2.77. The van der Waals surface area contributed by atoms with E-state index in [1.165, 1.54) is 0 Å². The number of carbonyl (C=O) groups is 3. The molecule has 0 aromatic heterocycles. The molecule has 0 saturated carbocycles. The van der Waals surface area contributed by atoms with E-state index in [0.717, 1.165) is 17.2 Å². The first-order valence-corrected chi connectivity index (χ1v) is 13.1. The minimum Gasteiger partial charge on any atom is -0.394 e. The first-order chi connectivity index (χ1) is 16.7. The molecular weight excluding hydrogens is 462 g/mol. The zero-order valence-electron chi connectivity index (χ0n) is 20.6. The van der Waals surface area contributed by atoms with Crippen molar-refractivity contribution in [1.29, 1.82) is 0 Å². The number of hydrogen-bond acceptors (Lipinski definition) is 5. The molecule has 8 heteroatoms. The number of amides is 3. The van der Waals surface area contributed by atoms with Gasteiger partial charge in [0.1, 0.15) is 6.04 Å². The monoisotopic (exact) mass is 495 g/mol. The third kappa shape index (κ3) is 3.48. The van der Waals surface area contributed by atoms with Gasteiger partial charge in [-0.3, -0.25) is 14.4 Å². The van der Waals surface area contributed by atoms with Crippen molar-refractivity contribution in [3.63, 3.8) is 0 Å². The van der Waals surface area contributed by atoms with Gasteiger partial charge >= 0.3 is 0 Å². The second-order valence-corrected chi connectivity index (χ2v) is 12.5. The normalized spacial score (nSPS) is 32.2. The summed E-state index contributed by atoms with van der Waals surface area (Å²) in [5, 5.41) is 18.2. The third-order valence-corrected chi connectivity index (χ3v) is 10.3. The Kier molecular flexibility index (Phi) is 5.87. The molecule has 1 spiro atoms. The minimum absolute atomic E-state index is 0.0496. The lowest BCUT2D eigenvalue weighted by atomic mass is 9.66. The van der Waals surface area contributed by atoms with Crippen LogP contribution in [-0.4, -0.2) is 63.0 Å². The molecule has 35 heavy (non-hydrogen) atoms. The molecule has 7 nitrogen and oxygen atoms in total. The van der Waals surface area contributed by atoms with Crippen LogP contribution in [0.25, 0.3) is 10.8 Å². The van der Waals surface area contributed by atoms with E-state index in [-0.39, 0.29) is 30.2 Å². The van der Waals surface area contributed by atoms with E-state index < -0.39 is 33.4 Å². The van der Waals surface area contributed by atoms with E-state index in [1.54, 1.807) is 23.7 Å². The number of fused-ring (bicyclic) bond motifs is 2. The molecule has 3 N–H and O–H groups in total. The molecule has 3 aliphatic heterocycles. The number of aliphatic hydroxyl groups is 1. The van der Waals surface area contributed by atoms with E-state index in [2.05, 4.69) is 10.6 Å². The van der Waals surface area contributed by atoms with Gasteiger partial charge in [0.25, 0.3) is 0 Å². The first kappa shape index (κ1) is 24.1. The van der Waals surface area contributed by atoms with Gasteiger partial charge in [-0.1, -0.05) is 44.2 Å². The van der Waals surface area contributed by atoms with Gasteiger partial charge in [0.2, 0.25) is 17.7 Å². The van der Waals surface area contributed by atoms with Gasteiger partial charge in [0.05, 0.1) is 29.2 Å². The summed E-state index contributed by atoms with van der Waals surface area (Å²) in [6.45, 7) is 5.70. The van der Waals surface area contributed by atoms with Crippen molar-refractivity contribution in [3.8, 4) is 0 Å². The van der Waals surface area contributed by atoms with Gasteiger partial charge in [0.15, 0.2) is 0 Å². The maximum absolute atomic E-state index is 14.0. The largest absolute Gasteiger partial charge is 0.394 e. The van der Waals surface area contributed by atoms with E-state index in [4.69, 9.17) is 0 Å². The van der Waals surface area contributed by atoms with Crippen LogP contribution in [0, 0.1) is 17.8 Å². The topological polar surface area (TPSA) is 98.7 Å². The van der Waals surface area contributed by atoms with Crippen molar-refractivity contribution in [2.24, 2.45) is 17.8 Å². The Morgan fingerprint density at radius 2 is 1.86 bits per heavy atom. The number of benzene rings is 2. The molecule has 5 rings (SSSR count). The highest BCUT2D eigenvalue weighted by atomic mass is 32.2. The third-order valence-electron chi connectivity index (χ3n) is 8.32. The summed E-state index contributed by atoms with van der Waals surface area (Å²) in [5.41, 5.74) is 0.664. The second kappa shape index (κ2) is 8.52. The maximum atomic E-state index is 14.0. The average molecular weight is 496 g/mol. The molecule has 3 aliphatic rings. The van der Waals surface area contributed by atoms with Crippen molar-refractivity contribution in [1.82, 2.24) is 10.2 Å². The van der Waals surface area contributed by atoms with Crippen LogP contribution in [0.5, 0.6) is 0 Å². The Hall–Kier alpha value is -2.58. The zero-order chi connectivity index (χ0) is 25.1. The molecule has 0 aliphatic carbocycles. The highest BCUT2D eigenvalue weighted by molar-refractivity contribution is 8.02. The molecule has 3 heterocycles. The lowest BCUT2D eigenvalue weighted by molar-refractivity contribution is -0.143. The Morgan fingerprint density at radius 1 is 1.14 bits per heavy atom. The van der Waals surface area contributed by atoms with E-state index in [0.29, 0.717) is 12.1 Å². The summed E-state index contributed by atoms with van der Waals surface area (Å²) in [6.07, 6.45) is 1.44. The lowest BCUT2D eigenvalue weighted by Crippen LogP contribution is -2.56. The number of nitrogens with one attached hydrogen (secondary N) is 2. The fourth-order valence-corrected chi connectivity index (χ4v) is 9.02. The molecule has 2 bridgehead atoms. The Balaban J connectivity index is 1.57. The van der Waals surface area contributed by atoms with Crippen LogP contribution in [0.4, 0.5) is 5.69 Å². The van der Waals surface area contributed by atoms with Gasteiger partial charge in [-0.2, -0.15) is 0 Å². The second-order valence-electron chi connectivity index (χ2n) is 10.6. The molecule has 2 unspecified atom stereocenters. The summed E-state index contributed by atoms with van der Waals surface area (Å²) in [5.74, 6) is -1.75. The molecule has 2 aromatic rings. The van der Waals surface area contributed by atoms with Crippen molar-refractivity contribution in [2.45, 2.75) is 55.2 Å². The first-order valence-electron chi connectivity index (χ1n) is 12.3. The smallest absolute Gasteiger partial charge is 0.248 e. The number of carbonyl (C=O) groups excluding carboxylic acids is 3. The number of anilines is 1. The van der Waals surface area contributed by atoms with Crippen molar-refractivity contribution >= 4 is 45.9 Å². The summed E-state index contributed by atoms with van der Waals surface area (Å²) in [6, 6.07) is 12.4. The van der Waals surface area contributed by atoms with E-state index in [1.807, 2.05) is 63.2 Å². The fraction of sp³-hybridized carbons (Fsp3) is 0.519.